The molecule has 1 atom stereocenters. The molecular weight excluding hydrogens is 252 g/mol. The smallest absolute Gasteiger partial charge is 0.220 e. The van der Waals surface area contributed by atoms with Gasteiger partial charge in [-0.25, -0.2) is 0 Å². The second kappa shape index (κ2) is 7.41. The van der Waals surface area contributed by atoms with Crippen molar-refractivity contribution in [3.05, 3.63) is 35.4 Å². The van der Waals surface area contributed by atoms with Crippen LogP contribution in [-0.2, 0) is 17.8 Å². The summed E-state index contributed by atoms with van der Waals surface area (Å²) in [7, 11) is 0. The Hall–Kier alpha value is -1.39. The molecule has 0 spiro atoms. The van der Waals surface area contributed by atoms with Crippen molar-refractivity contribution >= 4 is 5.91 Å². The Morgan fingerprint density at radius 1 is 1.40 bits per heavy atom. The molecule has 2 N–H and O–H groups in total. The van der Waals surface area contributed by atoms with Crippen LogP contribution < -0.4 is 5.32 Å². The van der Waals surface area contributed by atoms with E-state index in [4.69, 9.17) is 0 Å². The normalized spacial score (nSPS) is 16.5. The largest absolute Gasteiger partial charge is 0.390 e. The van der Waals surface area contributed by atoms with E-state index < -0.39 is 6.10 Å². The summed E-state index contributed by atoms with van der Waals surface area (Å²) in [5.41, 5.74) is 2.76. The van der Waals surface area contributed by atoms with E-state index in [0.29, 0.717) is 19.5 Å². The molecule has 4 heteroatoms. The first kappa shape index (κ1) is 15.0. The minimum Gasteiger partial charge on any atom is -0.390 e. The molecule has 1 unspecified atom stereocenters. The topological polar surface area (TPSA) is 52.6 Å². The number of rotatable bonds is 6. The Labute approximate surface area is 120 Å². The van der Waals surface area contributed by atoms with Crippen LogP contribution in [0, 0.1) is 0 Å². The fourth-order valence-corrected chi connectivity index (χ4v) is 2.62. The van der Waals surface area contributed by atoms with E-state index in [1.807, 2.05) is 6.92 Å². The van der Waals surface area contributed by atoms with E-state index >= 15 is 0 Å². The van der Waals surface area contributed by atoms with Crippen molar-refractivity contribution in [2.45, 2.75) is 38.8 Å². The fourth-order valence-electron chi connectivity index (χ4n) is 2.62. The van der Waals surface area contributed by atoms with Crippen LogP contribution in [0.2, 0.25) is 0 Å². The van der Waals surface area contributed by atoms with Gasteiger partial charge in [0.15, 0.2) is 0 Å². The third-order valence-electron chi connectivity index (χ3n) is 3.69. The molecule has 0 aliphatic carbocycles. The Bertz CT molecular complexity index is 448. The average Bonchev–Trinajstić information content (AvgIpc) is 2.45. The summed E-state index contributed by atoms with van der Waals surface area (Å²) in [4.78, 5) is 13.6. The van der Waals surface area contributed by atoms with Crippen LogP contribution in [0.3, 0.4) is 0 Å². The molecule has 1 aromatic carbocycles. The molecule has 4 nitrogen and oxygen atoms in total. The number of carbonyl (C=O) groups excluding carboxylic acids is 1. The standard InChI is InChI=1S/C16H24N2O2/c1-2-5-16(20)17-10-15(19)12-18-9-8-13-6-3-4-7-14(13)11-18/h3-4,6-7,15,19H,2,5,8-12H2,1H3,(H,17,20). The van der Waals surface area contributed by atoms with E-state index in [9.17, 15) is 9.90 Å². The maximum Gasteiger partial charge on any atom is 0.220 e. The van der Waals surface area contributed by atoms with Gasteiger partial charge in [-0.2, -0.15) is 0 Å². The summed E-state index contributed by atoms with van der Waals surface area (Å²) in [6.07, 6.45) is 1.90. The second-order valence-electron chi connectivity index (χ2n) is 5.46. The van der Waals surface area contributed by atoms with Crippen LogP contribution in [0.15, 0.2) is 24.3 Å². The number of aliphatic hydroxyl groups is 1. The quantitative estimate of drug-likeness (QED) is 0.824. The van der Waals surface area contributed by atoms with Crippen LogP contribution in [0.25, 0.3) is 0 Å². The number of amides is 1. The average molecular weight is 276 g/mol. The van der Waals surface area contributed by atoms with Crippen LogP contribution >= 0.6 is 0 Å². The second-order valence-corrected chi connectivity index (χ2v) is 5.46. The summed E-state index contributed by atoms with van der Waals surface area (Å²) in [6.45, 7) is 4.78. The third kappa shape index (κ3) is 4.32. The molecule has 1 aliphatic rings. The van der Waals surface area contributed by atoms with Gasteiger partial charge in [0, 0.05) is 32.6 Å². The molecule has 1 aromatic rings. The van der Waals surface area contributed by atoms with Crippen molar-refractivity contribution in [2.24, 2.45) is 0 Å². The molecule has 2 rings (SSSR count). The van der Waals surface area contributed by atoms with Crippen molar-refractivity contribution < 1.29 is 9.90 Å². The first-order chi connectivity index (χ1) is 9.69. The van der Waals surface area contributed by atoms with Gasteiger partial charge in [0.25, 0.3) is 0 Å². The number of hydrogen-bond acceptors (Lipinski definition) is 3. The minimum absolute atomic E-state index is 0.0236. The van der Waals surface area contributed by atoms with Crippen LogP contribution in [0.5, 0.6) is 0 Å². The van der Waals surface area contributed by atoms with Gasteiger partial charge in [-0.3, -0.25) is 9.69 Å². The van der Waals surface area contributed by atoms with Gasteiger partial charge in [0.2, 0.25) is 5.91 Å². The number of carbonyl (C=O) groups is 1. The van der Waals surface area contributed by atoms with Crippen molar-refractivity contribution in [2.75, 3.05) is 19.6 Å². The molecule has 0 fully saturated rings. The van der Waals surface area contributed by atoms with E-state index in [2.05, 4.69) is 34.5 Å². The van der Waals surface area contributed by atoms with E-state index in [0.717, 1.165) is 25.9 Å². The summed E-state index contributed by atoms with van der Waals surface area (Å²) < 4.78 is 0. The fraction of sp³-hybridized carbons (Fsp3) is 0.562. The predicted molar refractivity (Wildman–Crippen MR) is 79.3 cm³/mol. The maximum absolute atomic E-state index is 11.4. The number of hydrogen-bond donors (Lipinski definition) is 2. The van der Waals surface area contributed by atoms with E-state index in [1.54, 1.807) is 0 Å². The summed E-state index contributed by atoms with van der Waals surface area (Å²) >= 11 is 0. The van der Waals surface area contributed by atoms with Crippen LogP contribution in [-0.4, -0.2) is 41.7 Å². The monoisotopic (exact) mass is 276 g/mol. The number of fused-ring (bicyclic) bond motifs is 1. The highest BCUT2D eigenvalue weighted by molar-refractivity contribution is 5.75. The lowest BCUT2D eigenvalue weighted by molar-refractivity contribution is -0.121. The molecule has 1 aliphatic heterocycles. The predicted octanol–water partition coefficient (Wildman–Crippen LogP) is 1.32. The molecule has 0 saturated carbocycles. The van der Waals surface area contributed by atoms with Gasteiger partial charge in [0.1, 0.15) is 0 Å². The summed E-state index contributed by atoms with van der Waals surface area (Å²) in [5, 5.41) is 12.8. The van der Waals surface area contributed by atoms with E-state index in [-0.39, 0.29) is 5.91 Å². The number of benzene rings is 1. The van der Waals surface area contributed by atoms with Gasteiger partial charge in [-0.15, -0.1) is 0 Å². The van der Waals surface area contributed by atoms with Gasteiger partial charge >= 0.3 is 0 Å². The number of nitrogens with one attached hydrogen (secondary N) is 1. The van der Waals surface area contributed by atoms with Crippen molar-refractivity contribution in [3.8, 4) is 0 Å². The Morgan fingerprint density at radius 2 is 2.15 bits per heavy atom. The van der Waals surface area contributed by atoms with E-state index in [1.165, 1.54) is 11.1 Å². The molecule has 1 amide bonds. The molecule has 0 saturated heterocycles. The summed E-state index contributed by atoms with van der Waals surface area (Å²) in [5.74, 6) is 0.0236. The maximum atomic E-state index is 11.4. The van der Waals surface area contributed by atoms with Gasteiger partial charge < -0.3 is 10.4 Å². The lowest BCUT2D eigenvalue weighted by atomic mass is 10.00. The minimum atomic E-state index is -0.499. The first-order valence-corrected chi connectivity index (χ1v) is 7.43. The molecule has 0 bridgehead atoms. The molecule has 0 aromatic heterocycles. The number of aliphatic hydroxyl groups excluding tert-OH is 1. The van der Waals surface area contributed by atoms with Crippen LogP contribution in [0.4, 0.5) is 0 Å². The van der Waals surface area contributed by atoms with Crippen LogP contribution in [0.1, 0.15) is 30.9 Å². The Balaban J connectivity index is 1.76. The lowest BCUT2D eigenvalue weighted by Gasteiger charge is -2.30. The van der Waals surface area contributed by atoms with Gasteiger partial charge in [-0.1, -0.05) is 31.2 Å². The number of nitrogens with zero attached hydrogens (tertiary/aromatic N) is 1. The molecular formula is C16H24N2O2. The summed E-state index contributed by atoms with van der Waals surface area (Å²) in [6, 6.07) is 8.46. The van der Waals surface area contributed by atoms with Crippen molar-refractivity contribution in [3.63, 3.8) is 0 Å². The van der Waals surface area contributed by atoms with Gasteiger partial charge in [0.05, 0.1) is 6.10 Å². The molecule has 110 valence electrons. The third-order valence-corrected chi connectivity index (χ3v) is 3.69. The molecule has 1 heterocycles. The van der Waals surface area contributed by atoms with Crippen molar-refractivity contribution in [1.29, 1.82) is 0 Å². The zero-order chi connectivity index (χ0) is 14.4. The SMILES string of the molecule is CCCC(=O)NCC(O)CN1CCc2ccccc2C1. The highest BCUT2D eigenvalue weighted by atomic mass is 16.3. The zero-order valence-corrected chi connectivity index (χ0v) is 12.1. The van der Waals surface area contributed by atoms with Gasteiger partial charge in [-0.05, 0) is 24.0 Å². The Kier molecular flexibility index (Phi) is 5.56. The highest BCUT2D eigenvalue weighted by Gasteiger charge is 2.18. The lowest BCUT2D eigenvalue weighted by Crippen LogP contribution is -2.41. The van der Waals surface area contributed by atoms with Crippen molar-refractivity contribution in [1.82, 2.24) is 10.2 Å². The highest BCUT2D eigenvalue weighted by Crippen LogP contribution is 2.18. The molecule has 0 radical (unpaired) electrons. The Morgan fingerprint density at radius 3 is 2.90 bits per heavy atom. The zero-order valence-electron chi connectivity index (χ0n) is 12.1. The number of β-amino-alcohol motifs (C(OH)–C–C–N with tert-alkyl or cyclic N) is 1. The first-order valence-electron chi connectivity index (χ1n) is 7.43. The molecule has 20 heavy (non-hydrogen) atoms.